The van der Waals surface area contributed by atoms with E-state index in [0.29, 0.717) is 17.0 Å². The maximum absolute atomic E-state index is 12.8. The second-order valence-electron chi connectivity index (χ2n) is 6.03. The van der Waals surface area contributed by atoms with E-state index in [1.165, 1.54) is 37.1 Å². The minimum Gasteiger partial charge on any atom is -0.495 e. The number of ether oxygens (including phenoxy) is 1. The molecular weight excluding hydrogens is 350 g/mol. The molecule has 0 unspecified atom stereocenters. The zero-order valence-corrected chi connectivity index (χ0v) is 14.7. The van der Waals surface area contributed by atoms with Crippen LogP contribution in [-0.4, -0.2) is 23.7 Å². The molecule has 1 amide bonds. The highest BCUT2D eigenvalue weighted by atomic mass is 16.6. The molecule has 27 heavy (non-hydrogen) atoms. The monoisotopic (exact) mass is 367 g/mol. The zero-order chi connectivity index (χ0) is 19.7. The van der Waals surface area contributed by atoms with E-state index in [1.807, 2.05) is 0 Å². The van der Waals surface area contributed by atoms with E-state index in [9.17, 15) is 19.7 Å². The van der Waals surface area contributed by atoms with Crippen LogP contribution < -0.4 is 15.4 Å². The molecule has 0 bridgehead atoms. The fourth-order valence-corrected chi connectivity index (χ4v) is 3.19. The van der Waals surface area contributed by atoms with Crippen molar-refractivity contribution in [1.82, 2.24) is 0 Å². The Bertz CT molecular complexity index is 979. The largest absolute Gasteiger partial charge is 0.495 e. The van der Waals surface area contributed by atoms with Crippen LogP contribution in [0.1, 0.15) is 18.5 Å². The van der Waals surface area contributed by atoms with Gasteiger partial charge in [0.15, 0.2) is 0 Å². The number of benzene rings is 2. The van der Waals surface area contributed by atoms with E-state index in [4.69, 9.17) is 10.5 Å². The summed E-state index contributed by atoms with van der Waals surface area (Å²) < 4.78 is 5.32. The molecule has 1 aliphatic heterocycles. The molecule has 0 saturated carbocycles. The fraction of sp³-hybridized carbons (Fsp3) is 0.158. The average Bonchev–Trinajstić information content (AvgIpc) is 2.93. The van der Waals surface area contributed by atoms with Crippen LogP contribution in [-0.2, 0) is 9.59 Å². The van der Waals surface area contributed by atoms with Crippen LogP contribution in [0.25, 0.3) is 0 Å². The molecule has 1 fully saturated rings. The maximum atomic E-state index is 12.8. The predicted molar refractivity (Wildman–Crippen MR) is 98.2 cm³/mol. The Morgan fingerprint density at radius 3 is 2.52 bits per heavy atom. The zero-order valence-electron chi connectivity index (χ0n) is 14.7. The summed E-state index contributed by atoms with van der Waals surface area (Å²) in [5, 5.41) is 11.2. The highest BCUT2D eigenvalue weighted by Crippen LogP contribution is 2.43. The third-order valence-corrected chi connectivity index (χ3v) is 4.36. The number of ketones is 1. The van der Waals surface area contributed by atoms with Crippen LogP contribution in [0.3, 0.4) is 0 Å². The Kier molecular flexibility index (Phi) is 4.64. The lowest BCUT2D eigenvalue weighted by atomic mass is 9.96. The molecule has 2 N–H and O–H groups in total. The van der Waals surface area contributed by atoms with Crippen LogP contribution in [0.5, 0.6) is 5.75 Å². The van der Waals surface area contributed by atoms with Crippen molar-refractivity contribution in [2.45, 2.75) is 13.0 Å². The van der Waals surface area contributed by atoms with E-state index in [2.05, 4.69) is 0 Å². The molecule has 2 aromatic rings. The Morgan fingerprint density at radius 2 is 1.89 bits per heavy atom. The first-order chi connectivity index (χ1) is 12.9. The fourth-order valence-electron chi connectivity index (χ4n) is 3.19. The number of allylic oxidation sites excluding steroid dienone is 1. The Labute approximate surface area is 155 Å². The molecule has 1 saturated heterocycles. The molecule has 0 aromatic heterocycles. The molecule has 8 heteroatoms. The highest BCUT2D eigenvalue weighted by Gasteiger charge is 2.46. The number of nitrogens with zero attached hydrogens (tertiary/aromatic N) is 2. The van der Waals surface area contributed by atoms with Crippen LogP contribution in [0.15, 0.2) is 59.8 Å². The summed E-state index contributed by atoms with van der Waals surface area (Å²) in [7, 11) is 1.45. The number of nitro groups is 1. The van der Waals surface area contributed by atoms with E-state index in [1.54, 1.807) is 30.3 Å². The van der Waals surface area contributed by atoms with Gasteiger partial charge >= 0.3 is 0 Å². The summed E-state index contributed by atoms with van der Waals surface area (Å²) >= 11 is 0. The van der Waals surface area contributed by atoms with Crippen molar-refractivity contribution in [2.75, 3.05) is 12.0 Å². The minimum atomic E-state index is -0.883. The second-order valence-corrected chi connectivity index (χ2v) is 6.03. The molecule has 1 aliphatic rings. The molecular formula is C19H17N3O5. The highest BCUT2D eigenvalue weighted by molar-refractivity contribution is 6.51. The number of rotatable bonds is 4. The number of hydrogen-bond acceptors (Lipinski definition) is 6. The van der Waals surface area contributed by atoms with Gasteiger partial charge in [0, 0.05) is 17.8 Å². The molecule has 3 rings (SSSR count). The van der Waals surface area contributed by atoms with Gasteiger partial charge in [0.1, 0.15) is 5.75 Å². The smallest absolute Gasteiger partial charge is 0.300 e. The molecule has 8 nitrogen and oxygen atoms in total. The lowest BCUT2D eigenvalue weighted by Crippen LogP contribution is -2.29. The number of nitro benzene ring substituents is 1. The Hall–Kier alpha value is -3.68. The Morgan fingerprint density at radius 1 is 1.19 bits per heavy atom. The van der Waals surface area contributed by atoms with Crippen molar-refractivity contribution in [3.63, 3.8) is 0 Å². The Balaban J connectivity index is 2.26. The lowest BCUT2D eigenvalue weighted by molar-refractivity contribution is -0.384. The van der Waals surface area contributed by atoms with Crippen molar-refractivity contribution in [3.8, 4) is 5.75 Å². The van der Waals surface area contributed by atoms with Crippen LogP contribution >= 0.6 is 0 Å². The summed E-state index contributed by atoms with van der Waals surface area (Å²) in [5.41, 5.74) is 6.83. The van der Waals surface area contributed by atoms with Gasteiger partial charge in [-0.05, 0) is 24.6 Å². The van der Waals surface area contributed by atoms with Gasteiger partial charge in [-0.15, -0.1) is 0 Å². The third kappa shape index (κ3) is 3.01. The third-order valence-electron chi connectivity index (χ3n) is 4.36. The molecule has 1 heterocycles. The first-order valence-corrected chi connectivity index (χ1v) is 8.08. The van der Waals surface area contributed by atoms with Crippen LogP contribution in [0.2, 0.25) is 0 Å². The number of nitrogens with two attached hydrogens (primary N) is 1. The molecule has 0 spiro atoms. The number of carbonyl (C=O) groups excluding carboxylic acids is 2. The lowest BCUT2D eigenvalue weighted by Gasteiger charge is -2.26. The van der Waals surface area contributed by atoms with E-state index >= 15 is 0 Å². The average molecular weight is 367 g/mol. The number of hydrogen-bond donors (Lipinski definition) is 1. The van der Waals surface area contributed by atoms with E-state index < -0.39 is 22.7 Å². The molecule has 1 atom stereocenters. The first-order valence-electron chi connectivity index (χ1n) is 8.08. The van der Waals surface area contributed by atoms with Gasteiger partial charge in [0.2, 0.25) is 0 Å². The van der Waals surface area contributed by atoms with Gasteiger partial charge < -0.3 is 10.5 Å². The number of Topliss-reactive ketones (excluding diaryl/α,β-unsaturated/α-hetero) is 1. The number of para-hydroxylation sites is 2. The van der Waals surface area contributed by atoms with Crippen LogP contribution in [0.4, 0.5) is 11.4 Å². The number of non-ortho nitro benzene ring substituents is 1. The van der Waals surface area contributed by atoms with Crippen molar-refractivity contribution in [2.24, 2.45) is 5.73 Å². The topological polar surface area (TPSA) is 116 Å². The van der Waals surface area contributed by atoms with Gasteiger partial charge in [-0.1, -0.05) is 24.3 Å². The number of amides is 1. The molecule has 0 radical (unpaired) electrons. The summed E-state index contributed by atoms with van der Waals surface area (Å²) in [6, 6.07) is 11.7. The van der Waals surface area contributed by atoms with E-state index in [-0.39, 0.29) is 17.0 Å². The molecule has 0 aliphatic carbocycles. The number of carbonyl (C=O) groups is 2. The minimum absolute atomic E-state index is 0.103. The SMILES string of the molecule is COc1ccccc1N1C(=O)C(=O)/C(=C(\C)N)[C@H]1c1cccc([N+](=O)[O-])c1. The van der Waals surface area contributed by atoms with Gasteiger partial charge in [0.05, 0.1) is 29.3 Å². The molecule has 2 aromatic carbocycles. The number of methoxy groups -OCH3 is 1. The standard InChI is InChI=1S/C19H17N3O5/c1-11(20)16-17(12-6-5-7-13(10-12)22(25)26)21(19(24)18(16)23)14-8-3-4-9-15(14)27-2/h3-10,17H,20H2,1-2H3/b16-11+/t17-/m1/s1. The van der Waals surface area contributed by atoms with Crippen LogP contribution in [0, 0.1) is 10.1 Å². The van der Waals surface area contributed by atoms with Crippen molar-refractivity contribution in [3.05, 3.63) is 75.5 Å². The van der Waals surface area contributed by atoms with E-state index in [0.717, 1.165) is 0 Å². The van der Waals surface area contributed by atoms with Crippen molar-refractivity contribution >= 4 is 23.1 Å². The normalized spacial score (nSPS) is 18.6. The maximum Gasteiger partial charge on any atom is 0.300 e. The summed E-state index contributed by atoms with van der Waals surface area (Å²) in [5.74, 6) is -1.11. The van der Waals surface area contributed by atoms with Crippen molar-refractivity contribution in [1.29, 1.82) is 0 Å². The van der Waals surface area contributed by atoms with Gasteiger partial charge in [0.25, 0.3) is 17.4 Å². The van der Waals surface area contributed by atoms with Gasteiger partial charge in [-0.25, -0.2) is 0 Å². The summed E-state index contributed by atoms with van der Waals surface area (Å²) in [6.07, 6.45) is 0. The number of anilines is 1. The molecule has 138 valence electrons. The second kappa shape index (κ2) is 6.91. The summed E-state index contributed by atoms with van der Waals surface area (Å²) in [6.45, 7) is 1.52. The first kappa shape index (κ1) is 18.1. The van der Waals surface area contributed by atoms with Gasteiger partial charge in [-0.2, -0.15) is 0 Å². The predicted octanol–water partition coefficient (Wildman–Crippen LogP) is 2.49. The summed E-state index contributed by atoms with van der Waals surface area (Å²) in [4.78, 5) is 37.3. The van der Waals surface area contributed by atoms with Crippen molar-refractivity contribution < 1.29 is 19.2 Å². The van der Waals surface area contributed by atoms with Gasteiger partial charge in [-0.3, -0.25) is 24.6 Å². The quantitative estimate of drug-likeness (QED) is 0.384.